The number of hydrogen-bond acceptors (Lipinski definition) is 5. The van der Waals surface area contributed by atoms with Gasteiger partial charge in [-0.25, -0.2) is 14.4 Å². The van der Waals surface area contributed by atoms with E-state index in [2.05, 4.69) is 48.5 Å². The molecule has 4 heterocycles. The van der Waals surface area contributed by atoms with Crippen molar-refractivity contribution in [3.63, 3.8) is 0 Å². The molecular weight excluding hydrogens is 453 g/mol. The number of rotatable bonds is 5. The number of fused-ring (bicyclic) bond motifs is 2. The predicted molar refractivity (Wildman–Crippen MR) is 136 cm³/mol. The zero-order valence-electron chi connectivity index (χ0n) is 19.8. The number of hydrogen-bond donors (Lipinski definition) is 1. The van der Waals surface area contributed by atoms with E-state index < -0.39 is 0 Å². The fraction of sp³-hybridized carbons (Fsp3) is 0.276. The third kappa shape index (κ3) is 3.58. The summed E-state index contributed by atoms with van der Waals surface area (Å²) in [7, 11) is 0. The normalized spacial score (nSPS) is 19.3. The molecule has 3 aromatic heterocycles. The Kier molecular flexibility index (Phi) is 4.91. The predicted octanol–water partition coefficient (Wildman–Crippen LogP) is 4.73. The van der Waals surface area contributed by atoms with E-state index in [4.69, 9.17) is 0 Å². The molecule has 7 rings (SSSR count). The lowest BCUT2D eigenvalue weighted by molar-refractivity contribution is 0.174. The molecule has 2 aliphatic rings. The minimum atomic E-state index is -0.310. The molecule has 2 fully saturated rings. The van der Waals surface area contributed by atoms with Crippen molar-refractivity contribution < 1.29 is 9.50 Å². The summed E-state index contributed by atoms with van der Waals surface area (Å²) >= 11 is 0. The number of halogens is 1. The highest BCUT2D eigenvalue weighted by Gasteiger charge is 2.48. The lowest BCUT2D eigenvalue weighted by Gasteiger charge is -2.17. The fourth-order valence-electron chi connectivity index (χ4n) is 5.62. The molecule has 7 heteroatoms. The second kappa shape index (κ2) is 8.18. The molecule has 2 aromatic carbocycles. The van der Waals surface area contributed by atoms with E-state index in [9.17, 15) is 5.11 Å². The van der Waals surface area contributed by atoms with Crippen LogP contribution < -0.4 is 0 Å². The third-order valence-electron chi connectivity index (χ3n) is 7.79. The second-order valence-electron chi connectivity index (χ2n) is 10.1. The standard InChI is InChI=1S/C29H26FN5O/c30-25-13-19(3-4-21(25)16-34-11-7-24(36)18-34)22-14-32-28-33-15-27(35(28)17-22)29(8-9-29)23-5-6-26-20(12-23)2-1-10-31-26/h1-6,10,12-15,17,24,36H,7-9,11,16,18H2/t24-/m0/s1. The molecule has 6 nitrogen and oxygen atoms in total. The van der Waals surface area contributed by atoms with Crippen LogP contribution in [0.2, 0.25) is 0 Å². The van der Waals surface area contributed by atoms with E-state index in [0.29, 0.717) is 24.4 Å². The van der Waals surface area contributed by atoms with Gasteiger partial charge in [0.25, 0.3) is 0 Å². The Morgan fingerprint density at radius 2 is 1.89 bits per heavy atom. The second-order valence-corrected chi connectivity index (χ2v) is 10.1. The molecule has 5 aromatic rings. The summed E-state index contributed by atoms with van der Waals surface area (Å²) in [6, 6.07) is 15.9. The number of benzene rings is 2. The van der Waals surface area contributed by atoms with Gasteiger partial charge in [-0.05, 0) is 54.7 Å². The Labute approximate surface area is 208 Å². The van der Waals surface area contributed by atoms with Gasteiger partial charge in [-0.3, -0.25) is 14.3 Å². The smallest absolute Gasteiger partial charge is 0.233 e. The van der Waals surface area contributed by atoms with Gasteiger partial charge >= 0.3 is 0 Å². The average Bonchev–Trinajstić information content (AvgIpc) is 3.42. The van der Waals surface area contributed by atoms with E-state index in [1.54, 1.807) is 12.3 Å². The maximum Gasteiger partial charge on any atom is 0.233 e. The quantitative estimate of drug-likeness (QED) is 0.395. The van der Waals surface area contributed by atoms with Crippen molar-refractivity contribution in [1.29, 1.82) is 0 Å². The van der Waals surface area contributed by atoms with Crippen LogP contribution in [0.25, 0.3) is 27.8 Å². The number of aromatic nitrogens is 4. The molecule has 0 bridgehead atoms. The lowest BCUT2D eigenvalue weighted by Crippen LogP contribution is -2.22. The zero-order valence-corrected chi connectivity index (χ0v) is 19.8. The van der Waals surface area contributed by atoms with Gasteiger partial charge in [0.05, 0.1) is 23.5 Å². The van der Waals surface area contributed by atoms with E-state index in [-0.39, 0.29) is 17.3 Å². The average molecular weight is 480 g/mol. The first-order chi connectivity index (χ1) is 17.6. The van der Waals surface area contributed by atoms with Crippen molar-refractivity contribution in [3.05, 3.63) is 96.0 Å². The van der Waals surface area contributed by atoms with Crippen molar-refractivity contribution >= 4 is 16.7 Å². The van der Waals surface area contributed by atoms with Gasteiger partial charge in [0.1, 0.15) is 5.82 Å². The Morgan fingerprint density at radius 3 is 2.69 bits per heavy atom. The molecule has 0 amide bonds. The van der Waals surface area contributed by atoms with Crippen molar-refractivity contribution in [2.45, 2.75) is 37.3 Å². The van der Waals surface area contributed by atoms with Crippen LogP contribution in [0, 0.1) is 5.82 Å². The van der Waals surface area contributed by atoms with Crippen LogP contribution in [0.5, 0.6) is 0 Å². The Balaban J connectivity index is 1.23. The summed E-state index contributed by atoms with van der Waals surface area (Å²) in [5.74, 6) is 0.412. The number of nitrogens with zero attached hydrogens (tertiary/aromatic N) is 5. The lowest BCUT2D eigenvalue weighted by atomic mass is 9.91. The first-order valence-corrected chi connectivity index (χ1v) is 12.5. The van der Waals surface area contributed by atoms with Gasteiger partial charge in [-0.1, -0.05) is 24.3 Å². The molecule has 0 spiro atoms. The summed E-state index contributed by atoms with van der Waals surface area (Å²) in [5.41, 5.74) is 5.55. The van der Waals surface area contributed by atoms with Crippen LogP contribution in [0.1, 0.15) is 36.1 Å². The summed E-state index contributed by atoms with van der Waals surface area (Å²) in [5, 5.41) is 10.9. The van der Waals surface area contributed by atoms with Crippen molar-refractivity contribution in [3.8, 4) is 11.1 Å². The Morgan fingerprint density at radius 1 is 1.00 bits per heavy atom. The maximum atomic E-state index is 15.0. The number of aliphatic hydroxyl groups is 1. The zero-order chi connectivity index (χ0) is 24.3. The molecule has 0 radical (unpaired) electrons. The summed E-state index contributed by atoms with van der Waals surface area (Å²) in [6.07, 6.45) is 10.1. The molecule has 1 aliphatic carbocycles. The van der Waals surface area contributed by atoms with Gasteiger partial charge in [0.15, 0.2) is 0 Å². The highest BCUT2D eigenvalue weighted by atomic mass is 19.1. The Hall–Kier alpha value is -3.68. The van der Waals surface area contributed by atoms with Crippen LogP contribution in [-0.4, -0.2) is 48.6 Å². The molecule has 1 saturated heterocycles. The largest absolute Gasteiger partial charge is 0.392 e. The molecule has 180 valence electrons. The summed E-state index contributed by atoms with van der Waals surface area (Å²) in [4.78, 5) is 15.7. The van der Waals surface area contributed by atoms with Crippen LogP contribution in [0.4, 0.5) is 4.39 Å². The van der Waals surface area contributed by atoms with Gasteiger partial charge in [-0.15, -0.1) is 0 Å². The number of imidazole rings is 1. The summed E-state index contributed by atoms with van der Waals surface area (Å²) in [6.45, 7) is 1.90. The molecule has 1 saturated carbocycles. The number of β-amino-alcohol motifs (C(OH)–C–C–N with tert-alkyl or cyclic N) is 1. The van der Waals surface area contributed by atoms with Gasteiger partial charge in [0.2, 0.25) is 5.78 Å². The van der Waals surface area contributed by atoms with Gasteiger partial charge < -0.3 is 5.11 Å². The van der Waals surface area contributed by atoms with Crippen LogP contribution in [0.15, 0.2) is 73.3 Å². The highest BCUT2D eigenvalue weighted by molar-refractivity contribution is 5.79. The molecule has 1 aliphatic heterocycles. The molecule has 0 unspecified atom stereocenters. The first-order valence-electron chi connectivity index (χ1n) is 12.5. The topological polar surface area (TPSA) is 66.5 Å². The van der Waals surface area contributed by atoms with E-state index in [1.807, 2.05) is 36.8 Å². The van der Waals surface area contributed by atoms with Crippen LogP contribution >= 0.6 is 0 Å². The number of aliphatic hydroxyl groups excluding tert-OH is 1. The molecular formula is C29H26FN5O. The molecule has 36 heavy (non-hydrogen) atoms. The van der Waals surface area contributed by atoms with E-state index in [1.165, 1.54) is 5.56 Å². The van der Waals surface area contributed by atoms with E-state index in [0.717, 1.165) is 53.5 Å². The SMILES string of the molecule is O[C@H]1CCN(Cc2ccc(-c3cnc4ncc(C5(c6ccc7ncccc7c6)CC5)n4c3)cc2F)C1. The molecule has 1 atom stereocenters. The van der Waals surface area contributed by atoms with E-state index >= 15 is 4.39 Å². The van der Waals surface area contributed by atoms with Gasteiger partial charge in [-0.2, -0.15) is 0 Å². The fourth-order valence-corrected chi connectivity index (χ4v) is 5.62. The number of pyridine rings is 1. The minimum Gasteiger partial charge on any atom is -0.392 e. The highest BCUT2D eigenvalue weighted by Crippen LogP contribution is 2.53. The van der Waals surface area contributed by atoms with Crippen molar-refractivity contribution in [2.24, 2.45) is 0 Å². The maximum absolute atomic E-state index is 15.0. The van der Waals surface area contributed by atoms with Crippen molar-refractivity contribution in [2.75, 3.05) is 13.1 Å². The number of likely N-dealkylation sites (tertiary alicyclic amines) is 1. The van der Waals surface area contributed by atoms with Crippen molar-refractivity contribution in [1.82, 2.24) is 24.3 Å². The molecule has 1 N–H and O–H groups in total. The Bertz CT molecular complexity index is 1610. The van der Waals surface area contributed by atoms with Crippen LogP contribution in [0.3, 0.4) is 0 Å². The minimum absolute atomic E-state index is 0.0981. The summed E-state index contributed by atoms with van der Waals surface area (Å²) < 4.78 is 17.1. The van der Waals surface area contributed by atoms with Gasteiger partial charge in [0, 0.05) is 60.2 Å². The monoisotopic (exact) mass is 479 g/mol. The first kappa shape index (κ1) is 21.6. The van der Waals surface area contributed by atoms with Crippen LogP contribution in [-0.2, 0) is 12.0 Å². The third-order valence-corrected chi connectivity index (χ3v) is 7.79.